The molecule has 2 N–H and O–H groups in total. The molecule has 0 aliphatic carbocycles. The van der Waals surface area contributed by atoms with Crippen molar-refractivity contribution in [2.24, 2.45) is 0 Å². The highest BCUT2D eigenvalue weighted by Crippen LogP contribution is 2.27. The fourth-order valence-electron chi connectivity index (χ4n) is 2.65. The molecule has 1 aliphatic rings. The maximum Gasteiger partial charge on any atom is 0.322 e. The van der Waals surface area contributed by atoms with E-state index in [0.717, 1.165) is 17.2 Å². The SMILES string of the molecule is CC(NC(=O)CN1Cc2c(ccc(F)c2F)NC1=O)c1cc(Cl)c(F)cn1. The summed E-state index contributed by atoms with van der Waals surface area (Å²) in [6.07, 6.45) is 0.937. The molecule has 1 aromatic carbocycles. The Kier molecular flexibility index (Phi) is 5.22. The van der Waals surface area contributed by atoms with Gasteiger partial charge in [-0.25, -0.2) is 18.0 Å². The lowest BCUT2D eigenvalue weighted by Crippen LogP contribution is -2.45. The summed E-state index contributed by atoms with van der Waals surface area (Å²) >= 11 is 5.69. The summed E-state index contributed by atoms with van der Waals surface area (Å²) in [5.74, 6) is -3.35. The zero-order chi connectivity index (χ0) is 19.7. The minimum atomic E-state index is -1.07. The minimum Gasteiger partial charge on any atom is -0.346 e. The molecule has 0 saturated carbocycles. The average Bonchev–Trinajstić information content (AvgIpc) is 2.62. The van der Waals surface area contributed by atoms with Crippen molar-refractivity contribution in [3.8, 4) is 0 Å². The van der Waals surface area contributed by atoms with Gasteiger partial charge in [-0.1, -0.05) is 11.6 Å². The molecule has 0 saturated heterocycles. The summed E-state index contributed by atoms with van der Waals surface area (Å²) in [6, 6.07) is 2.24. The topological polar surface area (TPSA) is 74.3 Å². The standard InChI is InChI=1S/C17H14ClF3N4O2/c1-8(14-4-10(18)12(20)5-22-14)23-15(26)7-25-6-9-13(24-17(25)27)3-2-11(19)16(9)21/h2-5,8H,6-7H2,1H3,(H,23,26)(H,24,27). The quantitative estimate of drug-likeness (QED) is 0.829. The van der Waals surface area contributed by atoms with E-state index in [4.69, 9.17) is 11.6 Å². The number of pyridine rings is 1. The number of hydrogen-bond acceptors (Lipinski definition) is 3. The van der Waals surface area contributed by atoms with Crippen LogP contribution < -0.4 is 10.6 Å². The third-order valence-electron chi connectivity index (χ3n) is 4.06. The number of carbonyl (C=O) groups is 2. The molecular formula is C17H14ClF3N4O2. The predicted octanol–water partition coefficient (Wildman–Crippen LogP) is 3.38. The average molecular weight is 399 g/mol. The molecule has 3 amide bonds. The van der Waals surface area contributed by atoms with Crippen LogP contribution in [0.5, 0.6) is 0 Å². The molecular weight excluding hydrogens is 385 g/mol. The second-order valence-electron chi connectivity index (χ2n) is 5.99. The molecule has 27 heavy (non-hydrogen) atoms. The van der Waals surface area contributed by atoms with Crippen LogP contribution in [0.1, 0.15) is 24.2 Å². The number of rotatable bonds is 4. The molecule has 2 heterocycles. The lowest BCUT2D eigenvalue weighted by Gasteiger charge is -2.29. The van der Waals surface area contributed by atoms with Gasteiger partial charge in [0, 0.05) is 5.56 Å². The zero-order valence-electron chi connectivity index (χ0n) is 14.0. The second-order valence-corrected chi connectivity index (χ2v) is 6.39. The molecule has 2 aromatic rings. The third kappa shape index (κ3) is 3.97. The van der Waals surface area contributed by atoms with Gasteiger partial charge in [0.25, 0.3) is 0 Å². The first-order valence-electron chi connectivity index (χ1n) is 7.89. The number of carbonyl (C=O) groups excluding carboxylic acids is 2. The molecule has 0 radical (unpaired) electrons. The van der Waals surface area contributed by atoms with E-state index in [1.165, 1.54) is 12.1 Å². The fraction of sp³-hybridized carbons (Fsp3) is 0.235. The van der Waals surface area contributed by atoms with Crippen LogP contribution in [-0.2, 0) is 11.3 Å². The molecule has 0 spiro atoms. The summed E-state index contributed by atoms with van der Waals surface area (Å²) in [7, 11) is 0. The third-order valence-corrected chi connectivity index (χ3v) is 4.35. The highest BCUT2D eigenvalue weighted by molar-refractivity contribution is 6.30. The lowest BCUT2D eigenvalue weighted by atomic mass is 10.1. The van der Waals surface area contributed by atoms with E-state index >= 15 is 0 Å². The molecule has 0 fully saturated rings. The monoisotopic (exact) mass is 398 g/mol. The van der Waals surface area contributed by atoms with Gasteiger partial charge in [0.05, 0.1) is 35.2 Å². The molecule has 0 bridgehead atoms. The van der Waals surface area contributed by atoms with Crippen LogP contribution in [0.15, 0.2) is 24.4 Å². The van der Waals surface area contributed by atoms with Crippen LogP contribution in [0, 0.1) is 17.5 Å². The van der Waals surface area contributed by atoms with Gasteiger partial charge in [0.2, 0.25) is 5.91 Å². The Morgan fingerprint density at radius 3 is 2.81 bits per heavy atom. The van der Waals surface area contributed by atoms with Gasteiger partial charge in [-0.2, -0.15) is 0 Å². The Balaban J connectivity index is 1.67. The summed E-state index contributed by atoms with van der Waals surface area (Å²) in [5, 5.41) is 4.87. The smallest absolute Gasteiger partial charge is 0.322 e. The van der Waals surface area contributed by atoms with E-state index in [0.29, 0.717) is 5.69 Å². The number of aromatic nitrogens is 1. The van der Waals surface area contributed by atoms with Gasteiger partial charge in [-0.05, 0) is 25.1 Å². The summed E-state index contributed by atoms with van der Waals surface area (Å²) in [5.41, 5.74) is 0.452. The highest BCUT2D eigenvalue weighted by atomic mass is 35.5. The van der Waals surface area contributed by atoms with Gasteiger partial charge < -0.3 is 15.5 Å². The molecule has 142 valence electrons. The number of amides is 3. The van der Waals surface area contributed by atoms with Crippen LogP contribution in [0.2, 0.25) is 5.02 Å². The molecule has 1 atom stereocenters. The predicted molar refractivity (Wildman–Crippen MR) is 91.5 cm³/mol. The highest BCUT2D eigenvalue weighted by Gasteiger charge is 2.28. The van der Waals surface area contributed by atoms with Gasteiger partial charge >= 0.3 is 6.03 Å². The Labute approximate surface area is 157 Å². The number of nitrogens with zero attached hydrogens (tertiary/aromatic N) is 2. The minimum absolute atomic E-state index is 0.0394. The summed E-state index contributed by atoms with van der Waals surface area (Å²) < 4.78 is 40.5. The number of hydrogen-bond donors (Lipinski definition) is 2. The lowest BCUT2D eigenvalue weighted by molar-refractivity contribution is -0.122. The number of anilines is 1. The van der Waals surface area contributed by atoms with Crippen molar-refractivity contribution in [2.75, 3.05) is 11.9 Å². The van der Waals surface area contributed by atoms with Crippen LogP contribution in [-0.4, -0.2) is 28.4 Å². The Morgan fingerprint density at radius 2 is 2.11 bits per heavy atom. The fourth-order valence-corrected chi connectivity index (χ4v) is 2.81. The Morgan fingerprint density at radius 1 is 1.37 bits per heavy atom. The van der Waals surface area contributed by atoms with E-state index in [2.05, 4.69) is 15.6 Å². The largest absolute Gasteiger partial charge is 0.346 e. The van der Waals surface area contributed by atoms with Gasteiger partial charge in [0.15, 0.2) is 17.5 Å². The van der Waals surface area contributed by atoms with E-state index in [1.54, 1.807) is 6.92 Å². The molecule has 1 unspecified atom stereocenters. The summed E-state index contributed by atoms with van der Waals surface area (Å²) in [4.78, 5) is 29.2. The van der Waals surface area contributed by atoms with Crippen molar-refractivity contribution in [2.45, 2.75) is 19.5 Å². The molecule has 1 aromatic heterocycles. The zero-order valence-corrected chi connectivity index (χ0v) is 14.8. The van der Waals surface area contributed by atoms with Crippen molar-refractivity contribution in [1.29, 1.82) is 0 Å². The number of fused-ring (bicyclic) bond motifs is 1. The van der Waals surface area contributed by atoms with Crippen LogP contribution >= 0.6 is 11.6 Å². The van der Waals surface area contributed by atoms with Gasteiger partial charge in [-0.3, -0.25) is 9.78 Å². The van der Waals surface area contributed by atoms with E-state index < -0.39 is 35.4 Å². The van der Waals surface area contributed by atoms with Crippen molar-refractivity contribution in [3.63, 3.8) is 0 Å². The van der Waals surface area contributed by atoms with Crippen molar-refractivity contribution in [1.82, 2.24) is 15.2 Å². The van der Waals surface area contributed by atoms with E-state index in [1.807, 2.05) is 0 Å². The summed E-state index contributed by atoms with van der Waals surface area (Å²) in [6.45, 7) is 0.961. The number of benzene rings is 1. The maximum absolute atomic E-state index is 13.9. The molecule has 6 nitrogen and oxygen atoms in total. The van der Waals surface area contributed by atoms with Gasteiger partial charge in [-0.15, -0.1) is 0 Å². The number of halogens is 4. The van der Waals surface area contributed by atoms with Gasteiger partial charge in [0.1, 0.15) is 6.54 Å². The second kappa shape index (κ2) is 7.43. The number of nitrogens with one attached hydrogen (secondary N) is 2. The first kappa shape index (κ1) is 19.0. The first-order valence-corrected chi connectivity index (χ1v) is 8.27. The Bertz CT molecular complexity index is 925. The van der Waals surface area contributed by atoms with Crippen LogP contribution in [0.25, 0.3) is 0 Å². The molecule has 3 rings (SSSR count). The van der Waals surface area contributed by atoms with E-state index in [9.17, 15) is 22.8 Å². The van der Waals surface area contributed by atoms with Crippen LogP contribution in [0.3, 0.4) is 0 Å². The Hall–Kier alpha value is -2.81. The van der Waals surface area contributed by atoms with Crippen molar-refractivity contribution in [3.05, 3.63) is 58.1 Å². The molecule has 1 aliphatic heterocycles. The maximum atomic E-state index is 13.9. The van der Waals surface area contributed by atoms with Crippen LogP contribution in [0.4, 0.5) is 23.7 Å². The van der Waals surface area contributed by atoms with E-state index in [-0.39, 0.29) is 29.4 Å². The number of urea groups is 1. The van der Waals surface area contributed by atoms with Crippen molar-refractivity contribution < 1.29 is 22.8 Å². The molecule has 10 heteroatoms. The normalized spacial score (nSPS) is 14.4. The first-order chi connectivity index (χ1) is 12.8. The van der Waals surface area contributed by atoms with Crippen molar-refractivity contribution >= 4 is 29.2 Å².